The molecular formula is C12H11F2NO3. The summed E-state index contributed by atoms with van der Waals surface area (Å²) in [6.45, 7) is 0.320. The van der Waals surface area contributed by atoms with Crippen LogP contribution in [0.2, 0.25) is 0 Å². The van der Waals surface area contributed by atoms with E-state index in [1.165, 1.54) is 4.90 Å². The monoisotopic (exact) mass is 255 g/mol. The van der Waals surface area contributed by atoms with Crippen LogP contribution in [-0.2, 0) is 4.79 Å². The third-order valence-corrected chi connectivity index (χ3v) is 2.88. The van der Waals surface area contributed by atoms with Crippen LogP contribution in [0, 0.1) is 11.6 Å². The maximum atomic E-state index is 13.6. The van der Waals surface area contributed by atoms with Crippen molar-refractivity contribution in [2.24, 2.45) is 0 Å². The van der Waals surface area contributed by atoms with Crippen molar-refractivity contribution in [1.82, 2.24) is 0 Å². The van der Waals surface area contributed by atoms with Gasteiger partial charge in [-0.1, -0.05) is 0 Å². The van der Waals surface area contributed by atoms with Crippen LogP contribution in [0.5, 0.6) is 0 Å². The maximum Gasteiger partial charge on any atom is 0.338 e. The Morgan fingerprint density at radius 3 is 2.56 bits per heavy atom. The molecule has 18 heavy (non-hydrogen) atoms. The molecule has 1 fully saturated rings. The van der Waals surface area contributed by atoms with Gasteiger partial charge in [-0.3, -0.25) is 4.79 Å². The van der Waals surface area contributed by atoms with Crippen molar-refractivity contribution in [3.8, 4) is 0 Å². The Labute approximate surface area is 102 Å². The predicted molar refractivity (Wildman–Crippen MR) is 59.5 cm³/mol. The molecule has 1 aliphatic rings. The van der Waals surface area contributed by atoms with E-state index in [1.807, 2.05) is 0 Å². The molecule has 96 valence electrons. The van der Waals surface area contributed by atoms with E-state index < -0.39 is 23.2 Å². The van der Waals surface area contributed by atoms with Crippen molar-refractivity contribution in [2.45, 2.75) is 19.3 Å². The fraction of sp³-hybridized carbons (Fsp3) is 0.333. The van der Waals surface area contributed by atoms with Crippen molar-refractivity contribution in [1.29, 1.82) is 0 Å². The number of hydrogen-bond acceptors (Lipinski definition) is 2. The van der Waals surface area contributed by atoms with Gasteiger partial charge in [-0.05, 0) is 18.9 Å². The number of carboxylic acids is 1. The van der Waals surface area contributed by atoms with Crippen molar-refractivity contribution in [3.05, 3.63) is 29.3 Å². The summed E-state index contributed by atoms with van der Waals surface area (Å²) < 4.78 is 26.8. The molecule has 0 atom stereocenters. The van der Waals surface area contributed by atoms with Gasteiger partial charge in [0, 0.05) is 19.0 Å². The Hall–Kier alpha value is -1.98. The Kier molecular flexibility index (Phi) is 3.27. The number of anilines is 1. The van der Waals surface area contributed by atoms with Crippen molar-refractivity contribution >= 4 is 17.6 Å². The quantitative estimate of drug-likeness (QED) is 0.881. The number of aromatic carboxylic acids is 1. The van der Waals surface area contributed by atoms with E-state index in [-0.39, 0.29) is 11.6 Å². The van der Waals surface area contributed by atoms with E-state index >= 15 is 0 Å². The normalized spacial score (nSPS) is 15.9. The molecular weight excluding hydrogens is 244 g/mol. The molecule has 1 heterocycles. The molecule has 2 rings (SSSR count). The van der Waals surface area contributed by atoms with Gasteiger partial charge in [-0.15, -0.1) is 0 Å². The van der Waals surface area contributed by atoms with E-state index in [9.17, 15) is 18.4 Å². The van der Waals surface area contributed by atoms with E-state index in [2.05, 4.69) is 0 Å². The molecule has 0 radical (unpaired) electrons. The molecule has 0 saturated carbocycles. The molecule has 1 N–H and O–H groups in total. The highest BCUT2D eigenvalue weighted by molar-refractivity contribution is 5.96. The molecule has 0 aliphatic carbocycles. The predicted octanol–water partition coefficient (Wildman–Crippen LogP) is 2.18. The number of carbonyl (C=O) groups is 2. The van der Waals surface area contributed by atoms with Gasteiger partial charge in [0.2, 0.25) is 5.91 Å². The van der Waals surface area contributed by atoms with Crippen LogP contribution in [0.1, 0.15) is 29.6 Å². The minimum Gasteiger partial charge on any atom is -0.478 e. The van der Waals surface area contributed by atoms with Crippen molar-refractivity contribution in [3.63, 3.8) is 0 Å². The average molecular weight is 255 g/mol. The standard InChI is InChI=1S/C12H11F2NO3/c13-8-6-9(14)10(5-7(8)12(17)18)15-4-2-1-3-11(15)16/h5-6H,1-4H2,(H,17,18). The van der Waals surface area contributed by atoms with Gasteiger partial charge in [0.1, 0.15) is 11.6 Å². The summed E-state index contributed by atoms with van der Waals surface area (Å²) in [5.74, 6) is -3.83. The molecule has 0 spiro atoms. The number of benzene rings is 1. The molecule has 0 bridgehead atoms. The van der Waals surface area contributed by atoms with Gasteiger partial charge in [-0.25, -0.2) is 13.6 Å². The fourth-order valence-corrected chi connectivity index (χ4v) is 1.97. The fourth-order valence-electron chi connectivity index (χ4n) is 1.97. The van der Waals surface area contributed by atoms with E-state index in [4.69, 9.17) is 5.11 Å². The molecule has 1 aromatic carbocycles. The molecule has 1 aliphatic heterocycles. The van der Waals surface area contributed by atoms with Crippen LogP contribution in [0.15, 0.2) is 12.1 Å². The lowest BCUT2D eigenvalue weighted by atomic mass is 10.1. The SMILES string of the molecule is O=C(O)c1cc(N2CCCCC2=O)c(F)cc1F. The number of rotatable bonds is 2. The zero-order chi connectivity index (χ0) is 13.3. The number of nitrogens with zero attached hydrogens (tertiary/aromatic N) is 1. The first kappa shape index (κ1) is 12.5. The third kappa shape index (κ3) is 2.18. The average Bonchev–Trinajstić information content (AvgIpc) is 2.30. The summed E-state index contributed by atoms with van der Waals surface area (Å²) in [6, 6.07) is 1.37. The minimum atomic E-state index is -1.49. The number of carboxylic acid groups (broad SMARTS) is 1. The molecule has 0 aromatic heterocycles. The number of piperidine rings is 1. The minimum absolute atomic E-state index is 0.168. The summed E-state index contributed by atoms with van der Waals surface area (Å²) in [4.78, 5) is 23.6. The summed E-state index contributed by atoms with van der Waals surface area (Å²) in [6.07, 6.45) is 1.73. The summed E-state index contributed by atoms with van der Waals surface area (Å²) in [5, 5.41) is 8.78. The topological polar surface area (TPSA) is 57.6 Å². The van der Waals surface area contributed by atoms with Crippen molar-refractivity contribution < 1.29 is 23.5 Å². The summed E-state index contributed by atoms with van der Waals surface area (Å²) in [5.41, 5.74) is -0.803. The molecule has 0 unspecified atom stereocenters. The second-order valence-electron chi connectivity index (χ2n) is 4.09. The lowest BCUT2D eigenvalue weighted by molar-refractivity contribution is -0.119. The Bertz CT molecular complexity index is 516. The lowest BCUT2D eigenvalue weighted by Crippen LogP contribution is -2.36. The molecule has 4 nitrogen and oxygen atoms in total. The van der Waals surface area contributed by atoms with Gasteiger partial charge in [0.15, 0.2) is 0 Å². The second-order valence-corrected chi connectivity index (χ2v) is 4.09. The Morgan fingerprint density at radius 1 is 1.22 bits per heavy atom. The summed E-state index contributed by atoms with van der Waals surface area (Å²) >= 11 is 0. The second kappa shape index (κ2) is 4.72. The van der Waals surface area contributed by atoms with Crippen LogP contribution in [0.25, 0.3) is 0 Å². The van der Waals surface area contributed by atoms with Gasteiger partial charge >= 0.3 is 5.97 Å². The number of halogens is 2. The molecule has 6 heteroatoms. The van der Waals surface area contributed by atoms with Crippen LogP contribution < -0.4 is 4.90 Å². The van der Waals surface area contributed by atoms with E-state index in [1.54, 1.807) is 0 Å². The first-order valence-corrected chi connectivity index (χ1v) is 5.53. The Morgan fingerprint density at radius 2 is 1.94 bits per heavy atom. The molecule has 1 aromatic rings. The highest BCUT2D eigenvalue weighted by Crippen LogP contribution is 2.26. The largest absolute Gasteiger partial charge is 0.478 e. The van der Waals surface area contributed by atoms with Crippen LogP contribution in [-0.4, -0.2) is 23.5 Å². The molecule has 1 saturated heterocycles. The first-order valence-electron chi connectivity index (χ1n) is 5.53. The highest BCUT2D eigenvalue weighted by Gasteiger charge is 2.25. The van der Waals surface area contributed by atoms with Gasteiger partial charge in [0.25, 0.3) is 0 Å². The zero-order valence-corrected chi connectivity index (χ0v) is 9.45. The molecule has 1 amide bonds. The third-order valence-electron chi connectivity index (χ3n) is 2.88. The smallest absolute Gasteiger partial charge is 0.338 e. The lowest BCUT2D eigenvalue weighted by Gasteiger charge is -2.27. The zero-order valence-electron chi connectivity index (χ0n) is 9.45. The van der Waals surface area contributed by atoms with Gasteiger partial charge < -0.3 is 10.0 Å². The van der Waals surface area contributed by atoms with Gasteiger partial charge in [-0.2, -0.15) is 0 Å². The van der Waals surface area contributed by atoms with Crippen LogP contribution in [0.4, 0.5) is 14.5 Å². The summed E-state index contributed by atoms with van der Waals surface area (Å²) in [7, 11) is 0. The Balaban J connectivity index is 2.46. The van der Waals surface area contributed by atoms with Gasteiger partial charge in [0.05, 0.1) is 11.3 Å². The number of hydrogen-bond donors (Lipinski definition) is 1. The number of carbonyl (C=O) groups excluding carboxylic acids is 1. The van der Waals surface area contributed by atoms with Crippen molar-refractivity contribution in [2.75, 3.05) is 11.4 Å². The van der Waals surface area contributed by atoms with Crippen LogP contribution in [0.3, 0.4) is 0 Å². The van der Waals surface area contributed by atoms with E-state index in [0.29, 0.717) is 25.5 Å². The first-order chi connectivity index (χ1) is 8.50. The number of amides is 1. The van der Waals surface area contributed by atoms with E-state index in [0.717, 1.165) is 12.5 Å². The van der Waals surface area contributed by atoms with Crippen LogP contribution >= 0.6 is 0 Å². The highest BCUT2D eigenvalue weighted by atomic mass is 19.1. The maximum absolute atomic E-state index is 13.6.